The fourth-order valence-electron chi connectivity index (χ4n) is 1.21. The molecule has 2 amide bonds. The molecule has 0 aromatic heterocycles. The molecule has 1 rings (SSSR count). The van der Waals surface area contributed by atoms with Crippen LogP contribution in [-0.4, -0.2) is 40.7 Å². The maximum Gasteiger partial charge on any atom is 0.531 e. The van der Waals surface area contributed by atoms with Gasteiger partial charge in [0.15, 0.2) is 0 Å². The summed E-state index contributed by atoms with van der Waals surface area (Å²) in [6, 6.07) is 0. The van der Waals surface area contributed by atoms with Crippen LogP contribution in [-0.2, 0) is 24.0 Å². The summed E-state index contributed by atoms with van der Waals surface area (Å²) >= 11 is 0. The second kappa shape index (κ2) is 5.10. The second-order valence-corrected chi connectivity index (χ2v) is 3.06. The van der Waals surface area contributed by atoms with Gasteiger partial charge in [0.2, 0.25) is 0 Å². The highest BCUT2D eigenvalue weighted by atomic mass is 16.8. The van der Waals surface area contributed by atoms with E-state index in [9.17, 15) is 19.2 Å². The Morgan fingerprint density at radius 1 is 1.53 bits per heavy atom. The van der Waals surface area contributed by atoms with Crippen LogP contribution < -0.4 is 0 Å². The molecule has 8 nitrogen and oxygen atoms in total. The number of hydrogen-bond acceptors (Lipinski definition) is 6. The van der Waals surface area contributed by atoms with Crippen LogP contribution in [0.2, 0.25) is 0 Å². The van der Waals surface area contributed by atoms with Gasteiger partial charge in [-0.05, 0) is 0 Å². The van der Waals surface area contributed by atoms with Crippen molar-refractivity contribution in [3.63, 3.8) is 0 Å². The lowest BCUT2D eigenvalue weighted by Gasteiger charge is -2.10. The van der Waals surface area contributed by atoms with E-state index in [1.807, 2.05) is 0 Å². The monoisotopic (exact) mass is 243 g/mol. The van der Waals surface area contributed by atoms with Crippen LogP contribution in [0.4, 0.5) is 4.79 Å². The molecule has 0 aromatic rings. The maximum absolute atomic E-state index is 11.4. The van der Waals surface area contributed by atoms with E-state index in [-0.39, 0.29) is 11.7 Å². The Bertz CT molecular complexity index is 389. The van der Waals surface area contributed by atoms with Gasteiger partial charge in [0.25, 0.3) is 11.8 Å². The third-order valence-corrected chi connectivity index (χ3v) is 1.90. The average molecular weight is 243 g/mol. The van der Waals surface area contributed by atoms with Crippen molar-refractivity contribution < 1.29 is 33.9 Å². The zero-order chi connectivity index (χ0) is 13.0. The summed E-state index contributed by atoms with van der Waals surface area (Å²) in [7, 11) is 0. The van der Waals surface area contributed by atoms with Crippen molar-refractivity contribution in [1.29, 1.82) is 0 Å². The molecular weight excluding hydrogens is 234 g/mol. The number of amides is 2. The van der Waals surface area contributed by atoms with E-state index in [0.29, 0.717) is 0 Å². The van der Waals surface area contributed by atoms with Crippen molar-refractivity contribution in [2.45, 2.75) is 6.42 Å². The van der Waals surface area contributed by atoms with Crippen LogP contribution in [0.1, 0.15) is 6.42 Å². The van der Waals surface area contributed by atoms with Gasteiger partial charge < -0.3 is 9.84 Å². The summed E-state index contributed by atoms with van der Waals surface area (Å²) in [4.78, 5) is 48.1. The van der Waals surface area contributed by atoms with Crippen LogP contribution in [0, 0.1) is 5.92 Å². The van der Waals surface area contributed by atoms with Gasteiger partial charge in [-0.3, -0.25) is 19.2 Å². The lowest BCUT2D eigenvalue weighted by atomic mass is 10.1. The SMILES string of the molecule is C=CCOC(=O)C1CC(=O)N(OC(=O)O)C1=O. The topological polar surface area (TPSA) is 110 Å². The van der Waals surface area contributed by atoms with E-state index < -0.39 is 36.3 Å². The first-order valence-electron chi connectivity index (χ1n) is 4.52. The molecule has 0 bridgehead atoms. The molecule has 1 N–H and O–H groups in total. The Balaban J connectivity index is 2.70. The van der Waals surface area contributed by atoms with E-state index in [1.54, 1.807) is 0 Å². The summed E-state index contributed by atoms with van der Waals surface area (Å²) in [5, 5.41) is 8.32. The first-order valence-corrected chi connectivity index (χ1v) is 4.52. The third-order valence-electron chi connectivity index (χ3n) is 1.90. The van der Waals surface area contributed by atoms with Crippen molar-refractivity contribution in [2.24, 2.45) is 5.92 Å². The molecule has 17 heavy (non-hydrogen) atoms. The summed E-state index contributed by atoms with van der Waals surface area (Å²) in [5.41, 5.74) is 0. The molecule has 1 saturated heterocycles. The molecule has 0 aliphatic carbocycles. The molecule has 1 aliphatic rings. The average Bonchev–Trinajstić information content (AvgIpc) is 2.53. The molecular formula is C9H9NO7. The van der Waals surface area contributed by atoms with Crippen molar-refractivity contribution in [3.05, 3.63) is 12.7 Å². The number of rotatable bonds is 4. The number of hydrogen-bond donors (Lipinski definition) is 1. The van der Waals surface area contributed by atoms with Gasteiger partial charge >= 0.3 is 12.1 Å². The number of carboxylic acid groups (broad SMARTS) is 1. The van der Waals surface area contributed by atoms with Gasteiger partial charge in [-0.25, -0.2) is 4.79 Å². The van der Waals surface area contributed by atoms with Gasteiger partial charge in [-0.2, -0.15) is 0 Å². The molecule has 1 fully saturated rings. The maximum atomic E-state index is 11.4. The number of carbonyl (C=O) groups is 4. The zero-order valence-corrected chi connectivity index (χ0v) is 8.62. The van der Waals surface area contributed by atoms with Gasteiger partial charge in [-0.1, -0.05) is 17.7 Å². The van der Waals surface area contributed by atoms with E-state index in [4.69, 9.17) is 5.11 Å². The fraction of sp³-hybridized carbons (Fsp3) is 0.333. The predicted molar refractivity (Wildman–Crippen MR) is 50.2 cm³/mol. The van der Waals surface area contributed by atoms with E-state index in [0.717, 1.165) is 0 Å². The fourth-order valence-corrected chi connectivity index (χ4v) is 1.21. The highest BCUT2D eigenvalue weighted by Crippen LogP contribution is 2.21. The van der Waals surface area contributed by atoms with Crippen molar-refractivity contribution >= 4 is 23.9 Å². The lowest BCUT2D eigenvalue weighted by molar-refractivity contribution is -0.177. The number of esters is 1. The molecule has 0 aromatic carbocycles. The molecule has 0 spiro atoms. The minimum atomic E-state index is -1.81. The Morgan fingerprint density at radius 3 is 2.71 bits per heavy atom. The predicted octanol–water partition coefficient (Wildman–Crippen LogP) is -0.300. The van der Waals surface area contributed by atoms with Crippen molar-refractivity contribution in [1.82, 2.24) is 5.06 Å². The number of hydroxylamine groups is 2. The largest absolute Gasteiger partial charge is 0.531 e. The van der Waals surface area contributed by atoms with Gasteiger partial charge in [0.1, 0.15) is 12.5 Å². The van der Waals surface area contributed by atoms with Crippen LogP contribution in [0.15, 0.2) is 12.7 Å². The number of nitrogens with zero attached hydrogens (tertiary/aromatic N) is 1. The van der Waals surface area contributed by atoms with E-state index >= 15 is 0 Å². The molecule has 1 unspecified atom stereocenters. The molecule has 8 heteroatoms. The molecule has 92 valence electrons. The Labute approximate surface area is 95.3 Å². The van der Waals surface area contributed by atoms with Gasteiger partial charge in [0.05, 0.1) is 6.42 Å². The van der Waals surface area contributed by atoms with Crippen LogP contribution in [0.3, 0.4) is 0 Å². The standard InChI is InChI=1S/C9H9NO7/c1-2-3-16-8(13)5-4-6(11)10(7(5)12)17-9(14)15/h2,5H,1,3-4H2,(H,14,15). The molecule has 1 heterocycles. The van der Waals surface area contributed by atoms with Crippen LogP contribution in [0.5, 0.6) is 0 Å². The van der Waals surface area contributed by atoms with Crippen molar-refractivity contribution in [3.8, 4) is 0 Å². The van der Waals surface area contributed by atoms with Crippen LogP contribution >= 0.6 is 0 Å². The minimum Gasteiger partial charge on any atom is -0.461 e. The van der Waals surface area contributed by atoms with Gasteiger partial charge in [-0.15, -0.1) is 0 Å². The summed E-state index contributed by atoms with van der Waals surface area (Å²) in [5.74, 6) is -4.23. The van der Waals surface area contributed by atoms with E-state index in [2.05, 4.69) is 16.2 Å². The highest BCUT2D eigenvalue weighted by Gasteiger charge is 2.46. The quantitative estimate of drug-likeness (QED) is 0.312. The Morgan fingerprint density at radius 2 is 2.18 bits per heavy atom. The lowest BCUT2D eigenvalue weighted by Crippen LogP contribution is -2.34. The molecule has 1 aliphatic heterocycles. The molecule has 1 atom stereocenters. The van der Waals surface area contributed by atoms with Gasteiger partial charge in [0, 0.05) is 0 Å². The van der Waals surface area contributed by atoms with Crippen molar-refractivity contribution in [2.75, 3.05) is 6.61 Å². The number of carbonyl (C=O) groups excluding carboxylic acids is 3. The number of ether oxygens (including phenoxy) is 1. The smallest absolute Gasteiger partial charge is 0.461 e. The Kier molecular flexibility index (Phi) is 3.81. The Hall–Kier alpha value is -2.38. The zero-order valence-electron chi connectivity index (χ0n) is 8.62. The molecule has 0 radical (unpaired) electrons. The third kappa shape index (κ3) is 2.80. The minimum absolute atomic E-state index is 0.0438. The van der Waals surface area contributed by atoms with E-state index in [1.165, 1.54) is 6.08 Å². The highest BCUT2D eigenvalue weighted by molar-refractivity contribution is 6.12. The second-order valence-electron chi connectivity index (χ2n) is 3.06. The normalized spacial score (nSPS) is 19.1. The summed E-state index contributed by atoms with van der Waals surface area (Å²) < 4.78 is 4.59. The molecule has 0 saturated carbocycles. The first-order chi connectivity index (χ1) is 7.97. The summed E-state index contributed by atoms with van der Waals surface area (Å²) in [6.45, 7) is 3.21. The first kappa shape index (κ1) is 12.7. The number of imide groups is 1. The summed E-state index contributed by atoms with van der Waals surface area (Å²) in [6.07, 6.45) is -0.987. The van der Waals surface area contributed by atoms with Crippen LogP contribution in [0.25, 0.3) is 0 Å².